The van der Waals surface area contributed by atoms with Crippen molar-refractivity contribution in [2.75, 3.05) is 11.9 Å². The first kappa shape index (κ1) is 13.1. The van der Waals surface area contributed by atoms with Crippen LogP contribution in [0.1, 0.15) is 33.1 Å². The third-order valence-electron chi connectivity index (χ3n) is 3.13. The lowest BCUT2D eigenvalue weighted by Gasteiger charge is -2.15. The number of hydrogen-bond acceptors (Lipinski definition) is 5. The summed E-state index contributed by atoms with van der Waals surface area (Å²) in [7, 11) is 0. The van der Waals surface area contributed by atoms with Crippen molar-refractivity contribution in [1.29, 1.82) is 0 Å². The number of aliphatic hydroxyl groups is 1. The average molecular weight is 251 g/mol. The van der Waals surface area contributed by atoms with Crippen molar-refractivity contribution in [3.8, 4) is 5.88 Å². The first-order valence-corrected chi connectivity index (χ1v) is 6.56. The van der Waals surface area contributed by atoms with Crippen LogP contribution in [-0.2, 0) is 0 Å². The largest absolute Gasteiger partial charge is 0.474 e. The minimum absolute atomic E-state index is 0.0891. The van der Waals surface area contributed by atoms with E-state index in [0.717, 1.165) is 25.8 Å². The average Bonchev–Trinajstić information content (AvgIpc) is 2.72. The highest BCUT2D eigenvalue weighted by atomic mass is 16.5. The predicted molar refractivity (Wildman–Crippen MR) is 69.6 cm³/mol. The summed E-state index contributed by atoms with van der Waals surface area (Å²) < 4.78 is 5.48. The van der Waals surface area contributed by atoms with Gasteiger partial charge in [-0.05, 0) is 26.7 Å². The first-order chi connectivity index (χ1) is 8.65. The lowest BCUT2D eigenvalue weighted by molar-refractivity contribution is 0.138. The van der Waals surface area contributed by atoms with Crippen LogP contribution in [0, 0.1) is 5.92 Å². The van der Waals surface area contributed by atoms with Crippen molar-refractivity contribution in [1.82, 2.24) is 9.97 Å². The molecule has 18 heavy (non-hydrogen) atoms. The molecule has 1 aromatic heterocycles. The summed E-state index contributed by atoms with van der Waals surface area (Å²) in [5, 5.41) is 13.0. The summed E-state index contributed by atoms with van der Waals surface area (Å²) in [6.07, 6.45) is 6.28. The zero-order valence-corrected chi connectivity index (χ0v) is 11.0. The first-order valence-electron chi connectivity index (χ1n) is 6.56. The third-order valence-corrected chi connectivity index (χ3v) is 3.13. The van der Waals surface area contributed by atoms with Gasteiger partial charge in [0.15, 0.2) is 0 Å². The van der Waals surface area contributed by atoms with Crippen LogP contribution < -0.4 is 10.1 Å². The van der Waals surface area contributed by atoms with E-state index < -0.39 is 0 Å². The van der Waals surface area contributed by atoms with E-state index in [1.54, 1.807) is 12.4 Å². The second-order valence-corrected chi connectivity index (χ2v) is 5.05. The van der Waals surface area contributed by atoms with E-state index >= 15 is 0 Å². The number of nitrogens with one attached hydrogen (secondary N) is 1. The molecule has 0 radical (unpaired) electrons. The molecule has 2 atom stereocenters. The van der Waals surface area contributed by atoms with Crippen LogP contribution in [-0.4, -0.2) is 33.8 Å². The SMILES string of the molecule is CC(C)Oc1cncc(NCC2CCCC2O)n1. The predicted octanol–water partition coefficient (Wildman–Crippen LogP) is 1.84. The molecule has 0 aromatic carbocycles. The number of aliphatic hydroxyl groups excluding tert-OH is 1. The maximum Gasteiger partial charge on any atom is 0.234 e. The van der Waals surface area contributed by atoms with Crippen LogP contribution in [0.25, 0.3) is 0 Å². The lowest BCUT2D eigenvalue weighted by atomic mass is 10.1. The standard InChI is InChI=1S/C13H21N3O2/c1-9(2)18-13-8-14-7-12(16-13)15-6-10-4-3-5-11(10)17/h7-11,17H,3-6H2,1-2H3,(H,15,16). The van der Waals surface area contributed by atoms with Crippen LogP contribution in [0.4, 0.5) is 5.82 Å². The number of ether oxygens (including phenoxy) is 1. The van der Waals surface area contributed by atoms with Gasteiger partial charge in [-0.15, -0.1) is 0 Å². The molecule has 1 heterocycles. The number of nitrogens with zero attached hydrogens (tertiary/aromatic N) is 2. The number of rotatable bonds is 5. The Kier molecular flexibility index (Phi) is 4.36. The minimum atomic E-state index is -0.180. The molecule has 0 saturated heterocycles. The molecule has 100 valence electrons. The fraction of sp³-hybridized carbons (Fsp3) is 0.692. The molecule has 1 aromatic rings. The molecule has 1 aliphatic rings. The van der Waals surface area contributed by atoms with E-state index in [1.807, 2.05) is 13.8 Å². The molecule has 5 heteroatoms. The molecule has 0 bridgehead atoms. The van der Waals surface area contributed by atoms with E-state index in [2.05, 4.69) is 15.3 Å². The van der Waals surface area contributed by atoms with E-state index in [0.29, 0.717) is 17.6 Å². The van der Waals surface area contributed by atoms with Crippen LogP contribution in [0.3, 0.4) is 0 Å². The summed E-state index contributed by atoms with van der Waals surface area (Å²) in [6, 6.07) is 0. The number of aromatic nitrogens is 2. The van der Waals surface area contributed by atoms with Gasteiger partial charge >= 0.3 is 0 Å². The lowest BCUT2D eigenvalue weighted by Crippen LogP contribution is -2.22. The van der Waals surface area contributed by atoms with Crippen molar-refractivity contribution in [2.45, 2.75) is 45.3 Å². The molecular formula is C13H21N3O2. The van der Waals surface area contributed by atoms with Gasteiger partial charge in [0, 0.05) is 12.5 Å². The van der Waals surface area contributed by atoms with Crippen LogP contribution >= 0.6 is 0 Å². The normalized spacial score (nSPS) is 23.3. The quantitative estimate of drug-likeness (QED) is 0.835. The minimum Gasteiger partial charge on any atom is -0.474 e. The fourth-order valence-corrected chi connectivity index (χ4v) is 2.22. The highest BCUT2D eigenvalue weighted by Gasteiger charge is 2.24. The summed E-state index contributed by atoms with van der Waals surface area (Å²) in [6.45, 7) is 4.65. The molecule has 2 unspecified atom stereocenters. The Hall–Kier alpha value is -1.36. The van der Waals surface area contributed by atoms with Gasteiger partial charge in [0.2, 0.25) is 5.88 Å². The fourth-order valence-electron chi connectivity index (χ4n) is 2.22. The zero-order valence-electron chi connectivity index (χ0n) is 11.0. The Bertz CT molecular complexity index is 384. The topological polar surface area (TPSA) is 67.3 Å². The maximum atomic E-state index is 9.74. The van der Waals surface area contributed by atoms with Crippen LogP contribution in [0.5, 0.6) is 5.88 Å². The van der Waals surface area contributed by atoms with Crippen molar-refractivity contribution in [3.63, 3.8) is 0 Å². The van der Waals surface area contributed by atoms with Crippen LogP contribution in [0.15, 0.2) is 12.4 Å². The number of anilines is 1. The Balaban J connectivity index is 1.88. The molecule has 2 rings (SSSR count). The van der Waals surface area contributed by atoms with Crippen molar-refractivity contribution >= 4 is 5.82 Å². The molecule has 0 aliphatic heterocycles. The molecule has 1 saturated carbocycles. The smallest absolute Gasteiger partial charge is 0.234 e. The van der Waals surface area contributed by atoms with Gasteiger partial charge < -0.3 is 15.2 Å². The molecule has 2 N–H and O–H groups in total. The van der Waals surface area contributed by atoms with Gasteiger partial charge in [0.1, 0.15) is 5.82 Å². The van der Waals surface area contributed by atoms with Gasteiger partial charge in [0.05, 0.1) is 24.6 Å². The molecule has 5 nitrogen and oxygen atoms in total. The Labute approximate surface area is 108 Å². The van der Waals surface area contributed by atoms with E-state index in [9.17, 15) is 5.11 Å². The van der Waals surface area contributed by atoms with Crippen LogP contribution in [0.2, 0.25) is 0 Å². The number of hydrogen-bond donors (Lipinski definition) is 2. The van der Waals surface area contributed by atoms with Gasteiger partial charge in [0.25, 0.3) is 0 Å². The third kappa shape index (κ3) is 3.57. The second kappa shape index (κ2) is 6.00. The van der Waals surface area contributed by atoms with E-state index in [-0.39, 0.29) is 12.2 Å². The van der Waals surface area contributed by atoms with Gasteiger partial charge in [-0.3, -0.25) is 4.98 Å². The highest BCUT2D eigenvalue weighted by Crippen LogP contribution is 2.25. The molecule has 0 spiro atoms. The Morgan fingerprint density at radius 1 is 1.44 bits per heavy atom. The molecule has 0 amide bonds. The zero-order chi connectivity index (χ0) is 13.0. The monoisotopic (exact) mass is 251 g/mol. The summed E-state index contributed by atoms with van der Waals surface area (Å²) in [4.78, 5) is 8.41. The summed E-state index contributed by atoms with van der Waals surface area (Å²) >= 11 is 0. The highest BCUT2D eigenvalue weighted by molar-refractivity contribution is 5.33. The Morgan fingerprint density at radius 2 is 2.28 bits per heavy atom. The van der Waals surface area contributed by atoms with E-state index in [4.69, 9.17) is 4.74 Å². The van der Waals surface area contributed by atoms with Gasteiger partial charge in [-0.2, -0.15) is 4.98 Å². The van der Waals surface area contributed by atoms with E-state index in [1.165, 1.54) is 0 Å². The van der Waals surface area contributed by atoms with Crippen molar-refractivity contribution in [3.05, 3.63) is 12.4 Å². The van der Waals surface area contributed by atoms with Gasteiger partial charge in [-0.25, -0.2) is 0 Å². The molecule has 1 aliphatic carbocycles. The van der Waals surface area contributed by atoms with Crippen molar-refractivity contribution < 1.29 is 9.84 Å². The molecular weight excluding hydrogens is 230 g/mol. The summed E-state index contributed by atoms with van der Waals surface area (Å²) in [5.41, 5.74) is 0. The Morgan fingerprint density at radius 3 is 2.94 bits per heavy atom. The summed E-state index contributed by atoms with van der Waals surface area (Å²) in [5.74, 6) is 1.55. The second-order valence-electron chi connectivity index (χ2n) is 5.05. The molecule has 1 fully saturated rings. The maximum absolute atomic E-state index is 9.74. The van der Waals surface area contributed by atoms with Gasteiger partial charge in [-0.1, -0.05) is 6.42 Å². The van der Waals surface area contributed by atoms with Crippen molar-refractivity contribution in [2.24, 2.45) is 5.92 Å².